The molecule has 0 aromatic heterocycles. The summed E-state index contributed by atoms with van der Waals surface area (Å²) in [6.07, 6.45) is 4.17. The Hall–Kier alpha value is -0.470. The molecule has 0 saturated heterocycles. The van der Waals surface area contributed by atoms with E-state index < -0.39 is 0 Å². The van der Waals surface area contributed by atoms with Crippen molar-refractivity contribution in [2.24, 2.45) is 5.73 Å². The van der Waals surface area contributed by atoms with E-state index in [1.807, 2.05) is 0 Å². The minimum atomic E-state index is 0.0470. The number of nitrogens with two attached hydrogens (primary N) is 1. The second kappa shape index (κ2) is 6.98. The summed E-state index contributed by atoms with van der Waals surface area (Å²) >= 11 is 1.52. The third-order valence-corrected chi connectivity index (χ3v) is 2.51. The molecule has 2 N–H and O–H groups in total. The topological polar surface area (TPSA) is 26.0 Å². The minimum absolute atomic E-state index is 0.0470. The van der Waals surface area contributed by atoms with Gasteiger partial charge in [-0.25, -0.2) is 0 Å². The van der Waals surface area contributed by atoms with Gasteiger partial charge in [-0.3, -0.25) is 0 Å². The summed E-state index contributed by atoms with van der Waals surface area (Å²) in [6.45, 7) is 11.8. The molecule has 2 heteroatoms. The van der Waals surface area contributed by atoms with Crippen LogP contribution in [0.5, 0.6) is 0 Å². The number of rotatable bonds is 6. The zero-order chi connectivity index (χ0) is 10.3. The summed E-state index contributed by atoms with van der Waals surface area (Å²) < 4.78 is 0. The van der Waals surface area contributed by atoms with Crippen LogP contribution in [0, 0.1) is 0 Å². The Morgan fingerprint density at radius 2 is 2.23 bits per heavy atom. The van der Waals surface area contributed by atoms with Crippen molar-refractivity contribution in [1.82, 2.24) is 0 Å². The lowest BCUT2D eigenvalue weighted by atomic mass is 10.1. The fourth-order valence-corrected chi connectivity index (χ4v) is 1.56. The van der Waals surface area contributed by atoms with E-state index in [0.29, 0.717) is 0 Å². The number of hydrogen-bond donors (Lipinski definition) is 1. The number of hydrogen-bond acceptors (Lipinski definition) is 2. The first-order chi connectivity index (χ1) is 6.11. The van der Waals surface area contributed by atoms with Crippen LogP contribution in [-0.2, 0) is 0 Å². The molecule has 0 heterocycles. The summed E-state index contributed by atoms with van der Waals surface area (Å²) in [5, 5.41) is 1.76. The van der Waals surface area contributed by atoms with E-state index in [0.717, 1.165) is 17.7 Å². The van der Waals surface area contributed by atoms with Gasteiger partial charge in [-0.1, -0.05) is 31.7 Å². The molecule has 0 radical (unpaired) electrons. The molecule has 0 aliphatic rings. The van der Waals surface area contributed by atoms with Crippen molar-refractivity contribution in [1.29, 1.82) is 0 Å². The Balaban J connectivity index is 3.98. The first-order valence-electron chi connectivity index (χ1n) is 4.49. The first-order valence-corrected chi connectivity index (χ1v) is 5.37. The van der Waals surface area contributed by atoms with E-state index in [1.165, 1.54) is 17.3 Å². The Morgan fingerprint density at radius 1 is 1.62 bits per heavy atom. The molecule has 0 saturated carbocycles. The van der Waals surface area contributed by atoms with Crippen LogP contribution >= 0.6 is 11.8 Å². The summed E-state index contributed by atoms with van der Waals surface area (Å²) in [6, 6.07) is 0.0470. The maximum absolute atomic E-state index is 5.93. The van der Waals surface area contributed by atoms with Gasteiger partial charge in [-0.15, -0.1) is 11.8 Å². The van der Waals surface area contributed by atoms with Crippen molar-refractivity contribution in [3.8, 4) is 0 Å². The van der Waals surface area contributed by atoms with Crippen LogP contribution in [0.15, 0.2) is 35.1 Å². The Bertz CT molecular complexity index is 206. The van der Waals surface area contributed by atoms with Gasteiger partial charge in [-0.2, -0.15) is 0 Å². The molecule has 0 aliphatic heterocycles. The monoisotopic (exact) mass is 197 g/mol. The van der Waals surface area contributed by atoms with Gasteiger partial charge in [0.05, 0.1) is 0 Å². The van der Waals surface area contributed by atoms with Gasteiger partial charge in [0.1, 0.15) is 0 Å². The molecule has 74 valence electrons. The van der Waals surface area contributed by atoms with Gasteiger partial charge in [0, 0.05) is 6.04 Å². The highest BCUT2D eigenvalue weighted by molar-refractivity contribution is 8.05. The van der Waals surface area contributed by atoms with E-state index >= 15 is 0 Å². The Kier molecular flexibility index (Phi) is 6.73. The maximum atomic E-state index is 5.93. The molecule has 0 aromatic carbocycles. The molecule has 13 heavy (non-hydrogen) atoms. The van der Waals surface area contributed by atoms with Crippen molar-refractivity contribution < 1.29 is 0 Å². The summed E-state index contributed by atoms with van der Waals surface area (Å²) in [7, 11) is 0. The van der Waals surface area contributed by atoms with Gasteiger partial charge in [0.15, 0.2) is 0 Å². The lowest BCUT2D eigenvalue weighted by Crippen LogP contribution is -2.20. The average molecular weight is 197 g/mol. The Labute approximate surface area is 85.8 Å². The molecule has 0 aliphatic carbocycles. The Morgan fingerprint density at radius 3 is 2.69 bits per heavy atom. The van der Waals surface area contributed by atoms with Crippen LogP contribution in [0.25, 0.3) is 0 Å². The largest absolute Gasteiger partial charge is 0.323 e. The standard InChI is InChI=1S/C11H19NS/c1-5-7-9(3)8-11(12)10(4)13-6-2/h6-7,11H,2,4-5,8,12H2,1,3H3/b9-7-. The molecule has 0 spiro atoms. The van der Waals surface area contributed by atoms with E-state index in [4.69, 9.17) is 5.73 Å². The van der Waals surface area contributed by atoms with E-state index in [-0.39, 0.29) is 6.04 Å². The molecule has 1 unspecified atom stereocenters. The maximum Gasteiger partial charge on any atom is 0.0389 e. The fraction of sp³-hybridized carbons (Fsp3) is 0.455. The molecular weight excluding hydrogens is 178 g/mol. The highest BCUT2D eigenvalue weighted by atomic mass is 32.2. The molecule has 0 rings (SSSR count). The molecule has 0 amide bonds. The quantitative estimate of drug-likeness (QED) is 0.660. The molecule has 0 bridgehead atoms. The highest BCUT2D eigenvalue weighted by Crippen LogP contribution is 2.20. The predicted molar refractivity (Wildman–Crippen MR) is 63.6 cm³/mol. The highest BCUT2D eigenvalue weighted by Gasteiger charge is 2.06. The number of allylic oxidation sites excluding steroid dienone is 1. The van der Waals surface area contributed by atoms with Crippen molar-refractivity contribution in [2.75, 3.05) is 0 Å². The van der Waals surface area contributed by atoms with Crippen molar-refractivity contribution in [3.63, 3.8) is 0 Å². The third kappa shape index (κ3) is 5.72. The van der Waals surface area contributed by atoms with E-state index in [1.54, 1.807) is 5.41 Å². The van der Waals surface area contributed by atoms with Gasteiger partial charge < -0.3 is 5.73 Å². The van der Waals surface area contributed by atoms with Crippen molar-refractivity contribution in [3.05, 3.63) is 35.1 Å². The van der Waals surface area contributed by atoms with Crippen LogP contribution in [0.3, 0.4) is 0 Å². The van der Waals surface area contributed by atoms with Crippen LogP contribution in [0.4, 0.5) is 0 Å². The van der Waals surface area contributed by atoms with Gasteiger partial charge in [0.2, 0.25) is 0 Å². The molecule has 1 atom stereocenters. The van der Waals surface area contributed by atoms with E-state index in [9.17, 15) is 0 Å². The van der Waals surface area contributed by atoms with Gasteiger partial charge in [0.25, 0.3) is 0 Å². The van der Waals surface area contributed by atoms with Crippen LogP contribution < -0.4 is 5.73 Å². The van der Waals surface area contributed by atoms with Gasteiger partial charge >= 0.3 is 0 Å². The zero-order valence-corrected chi connectivity index (χ0v) is 9.36. The van der Waals surface area contributed by atoms with Gasteiger partial charge in [-0.05, 0) is 30.1 Å². The average Bonchev–Trinajstić information content (AvgIpc) is 2.05. The molecule has 1 nitrogen and oxygen atoms in total. The lowest BCUT2D eigenvalue weighted by molar-refractivity contribution is 0.788. The van der Waals surface area contributed by atoms with Crippen LogP contribution in [0.1, 0.15) is 26.7 Å². The normalized spacial score (nSPS) is 13.9. The lowest BCUT2D eigenvalue weighted by Gasteiger charge is -2.12. The predicted octanol–water partition coefficient (Wildman–Crippen LogP) is 3.45. The van der Waals surface area contributed by atoms with Crippen molar-refractivity contribution >= 4 is 11.8 Å². The fourth-order valence-electron chi connectivity index (χ4n) is 1.09. The van der Waals surface area contributed by atoms with Crippen molar-refractivity contribution in [2.45, 2.75) is 32.7 Å². The molecule has 0 fully saturated rings. The summed E-state index contributed by atoms with van der Waals surface area (Å²) in [5.41, 5.74) is 7.26. The van der Waals surface area contributed by atoms with Crippen LogP contribution in [0.2, 0.25) is 0 Å². The van der Waals surface area contributed by atoms with E-state index in [2.05, 4.69) is 33.1 Å². The second-order valence-corrected chi connectivity index (χ2v) is 4.11. The smallest absolute Gasteiger partial charge is 0.0389 e. The zero-order valence-electron chi connectivity index (χ0n) is 8.55. The number of thioether (sulfide) groups is 1. The third-order valence-electron chi connectivity index (χ3n) is 1.74. The SMILES string of the molecule is C=CSC(=C)C(N)C/C(C)=C\CC. The molecule has 0 aromatic rings. The summed E-state index contributed by atoms with van der Waals surface area (Å²) in [4.78, 5) is 0.985. The summed E-state index contributed by atoms with van der Waals surface area (Å²) in [5.74, 6) is 0. The van der Waals surface area contributed by atoms with Crippen LogP contribution in [-0.4, -0.2) is 6.04 Å². The second-order valence-electron chi connectivity index (χ2n) is 3.02. The molecular formula is C11H19NS. The first kappa shape index (κ1) is 12.5. The minimum Gasteiger partial charge on any atom is -0.323 e.